The lowest BCUT2D eigenvalue weighted by Gasteiger charge is -2.33. The second-order valence-corrected chi connectivity index (χ2v) is 10.7. The van der Waals surface area contributed by atoms with Crippen molar-refractivity contribution >= 4 is 14.5 Å². The number of oxime groups is 1. The topological polar surface area (TPSA) is 47.6 Å². The Kier molecular flexibility index (Phi) is 4.70. The van der Waals surface area contributed by atoms with E-state index >= 15 is 0 Å². The standard InChI is InChI=1S/C14H24N2OSi/c1-14(2,3)18(4,5)17-16-11-13(15)12-9-7-6-8-10-12/h6-11,13H,15H2,1-5H3/b16-11+. The van der Waals surface area contributed by atoms with Crippen LogP contribution in [0.25, 0.3) is 0 Å². The quantitative estimate of drug-likeness (QED) is 0.512. The first kappa shape index (κ1) is 14.9. The number of nitrogens with two attached hydrogens (primary N) is 1. The van der Waals surface area contributed by atoms with Crippen LogP contribution in [0, 0.1) is 0 Å². The highest BCUT2D eigenvalue weighted by atomic mass is 28.4. The summed E-state index contributed by atoms with van der Waals surface area (Å²) in [5.41, 5.74) is 7.06. The van der Waals surface area contributed by atoms with Crippen LogP contribution in [0.1, 0.15) is 32.4 Å². The maximum Gasteiger partial charge on any atom is 0.286 e. The SMILES string of the molecule is CC(C)(C)[Si](C)(C)O/N=C/C(N)c1ccccc1. The predicted octanol–water partition coefficient (Wildman–Crippen LogP) is 3.69. The first-order chi connectivity index (χ1) is 8.24. The molecule has 1 unspecified atom stereocenters. The number of hydrogen-bond donors (Lipinski definition) is 1. The normalized spacial score (nSPS) is 14.8. The highest BCUT2D eigenvalue weighted by Crippen LogP contribution is 2.36. The third-order valence-electron chi connectivity index (χ3n) is 3.49. The van der Waals surface area contributed by atoms with Gasteiger partial charge in [0.15, 0.2) is 0 Å². The molecule has 0 spiro atoms. The molecule has 0 aliphatic carbocycles. The molecule has 2 N–H and O–H groups in total. The van der Waals surface area contributed by atoms with E-state index in [1.54, 1.807) is 6.21 Å². The Morgan fingerprint density at radius 1 is 1.22 bits per heavy atom. The van der Waals surface area contributed by atoms with E-state index in [-0.39, 0.29) is 11.1 Å². The van der Waals surface area contributed by atoms with E-state index in [1.807, 2.05) is 30.3 Å². The van der Waals surface area contributed by atoms with Crippen molar-refractivity contribution in [3.05, 3.63) is 35.9 Å². The predicted molar refractivity (Wildman–Crippen MR) is 80.1 cm³/mol. The maximum absolute atomic E-state index is 6.02. The summed E-state index contributed by atoms with van der Waals surface area (Å²) in [6.07, 6.45) is 1.68. The molecule has 3 nitrogen and oxygen atoms in total. The van der Waals surface area contributed by atoms with Crippen molar-refractivity contribution in [2.45, 2.75) is 44.9 Å². The van der Waals surface area contributed by atoms with Crippen LogP contribution in [0.4, 0.5) is 0 Å². The average Bonchev–Trinajstić information content (AvgIpc) is 2.28. The van der Waals surface area contributed by atoms with Crippen molar-refractivity contribution in [3.8, 4) is 0 Å². The molecule has 100 valence electrons. The number of nitrogens with zero attached hydrogens (tertiary/aromatic N) is 1. The van der Waals surface area contributed by atoms with Crippen LogP contribution in [-0.2, 0) is 4.53 Å². The summed E-state index contributed by atoms with van der Waals surface area (Å²) in [6.45, 7) is 10.9. The van der Waals surface area contributed by atoms with Crippen LogP contribution in [0.5, 0.6) is 0 Å². The molecule has 0 radical (unpaired) electrons. The first-order valence-electron chi connectivity index (χ1n) is 6.26. The van der Waals surface area contributed by atoms with Crippen molar-refractivity contribution in [1.29, 1.82) is 0 Å². The largest absolute Gasteiger partial charge is 0.455 e. The summed E-state index contributed by atoms with van der Waals surface area (Å²) in [5.74, 6) is 0. The third-order valence-corrected chi connectivity index (χ3v) is 7.67. The van der Waals surface area contributed by atoms with Gasteiger partial charge in [-0.1, -0.05) is 51.1 Å². The van der Waals surface area contributed by atoms with Crippen molar-refractivity contribution in [2.75, 3.05) is 0 Å². The molecule has 0 aliphatic heterocycles. The highest BCUT2D eigenvalue weighted by Gasteiger charge is 2.39. The van der Waals surface area contributed by atoms with Gasteiger partial charge in [-0.05, 0) is 23.7 Å². The van der Waals surface area contributed by atoms with Crippen molar-refractivity contribution < 1.29 is 4.53 Å². The number of rotatable bonds is 4. The van der Waals surface area contributed by atoms with E-state index in [4.69, 9.17) is 10.3 Å². The van der Waals surface area contributed by atoms with Crippen LogP contribution in [-0.4, -0.2) is 14.5 Å². The Morgan fingerprint density at radius 2 is 1.78 bits per heavy atom. The van der Waals surface area contributed by atoms with Crippen molar-refractivity contribution in [2.24, 2.45) is 10.9 Å². The summed E-state index contributed by atoms with van der Waals surface area (Å²) in [6, 6.07) is 9.68. The molecule has 1 aromatic rings. The first-order valence-corrected chi connectivity index (χ1v) is 9.17. The lowest BCUT2D eigenvalue weighted by atomic mass is 10.1. The summed E-state index contributed by atoms with van der Waals surface area (Å²) in [5, 5.41) is 4.25. The Labute approximate surface area is 111 Å². The van der Waals surface area contributed by atoms with Crippen LogP contribution in [0.2, 0.25) is 18.1 Å². The maximum atomic E-state index is 6.02. The summed E-state index contributed by atoms with van der Waals surface area (Å²) in [4.78, 5) is 0. The van der Waals surface area contributed by atoms with Gasteiger partial charge in [0.1, 0.15) is 0 Å². The lowest BCUT2D eigenvalue weighted by molar-refractivity contribution is 0.308. The van der Waals surface area contributed by atoms with Crippen LogP contribution < -0.4 is 5.73 Å². The van der Waals surface area contributed by atoms with Gasteiger partial charge in [-0.25, -0.2) is 0 Å². The Morgan fingerprint density at radius 3 is 2.28 bits per heavy atom. The van der Waals surface area contributed by atoms with Crippen LogP contribution in [0.15, 0.2) is 35.5 Å². The average molecular weight is 264 g/mol. The monoisotopic (exact) mass is 264 g/mol. The van der Waals surface area contributed by atoms with E-state index in [2.05, 4.69) is 39.0 Å². The van der Waals surface area contributed by atoms with Crippen molar-refractivity contribution in [3.63, 3.8) is 0 Å². The van der Waals surface area contributed by atoms with Gasteiger partial charge in [0.25, 0.3) is 8.32 Å². The Bertz CT molecular complexity index is 396. The Balaban J connectivity index is 2.61. The molecular formula is C14H24N2OSi. The minimum Gasteiger partial charge on any atom is -0.455 e. The second kappa shape index (κ2) is 5.67. The van der Waals surface area contributed by atoms with E-state index in [0.717, 1.165) is 5.56 Å². The van der Waals surface area contributed by atoms with Crippen LogP contribution >= 0.6 is 0 Å². The van der Waals surface area contributed by atoms with Gasteiger partial charge in [-0.15, -0.1) is 5.16 Å². The second-order valence-electron chi connectivity index (χ2n) is 6.04. The van der Waals surface area contributed by atoms with Gasteiger partial charge in [0.05, 0.1) is 12.3 Å². The zero-order valence-electron chi connectivity index (χ0n) is 12.0. The molecule has 1 atom stereocenters. The van der Waals surface area contributed by atoms with Gasteiger partial charge < -0.3 is 10.3 Å². The molecule has 1 rings (SSSR count). The summed E-state index contributed by atoms with van der Waals surface area (Å²) < 4.78 is 5.71. The van der Waals surface area contributed by atoms with Gasteiger partial charge in [-0.3, -0.25) is 0 Å². The van der Waals surface area contributed by atoms with E-state index < -0.39 is 8.32 Å². The van der Waals surface area contributed by atoms with Gasteiger partial charge >= 0.3 is 0 Å². The molecule has 0 amide bonds. The fourth-order valence-corrected chi connectivity index (χ4v) is 1.72. The number of hydrogen-bond acceptors (Lipinski definition) is 3. The lowest BCUT2D eigenvalue weighted by Crippen LogP contribution is -2.39. The molecule has 0 bridgehead atoms. The fraction of sp³-hybridized carbons (Fsp3) is 0.500. The zero-order valence-corrected chi connectivity index (χ0v) is 13.0. The molecule has 18 heavy (non-hydrogen) atoms. The smallest absolute Gasteiger partial charge is 0.286 e. The summed E-state index contributed by atoms with van der Waals surface area (Å²) in [7, 11) is -1.83. The third kappa shape index (κ3) is 3.96. The van der Waals surface area contributed by atoms with Gasteiger partial charge in [0.2, 0.25) is 0 Å². The highest BCUT2D eigenvalue weighted by molar-refractivity contribution is 6.74. The van der Waals surface area contributed by atoms with E-state index in [1.165, 1.54) is 0 Å². The molecule has 0 saturated heterocycles. The molecule has 4 heteroatoms. The molecular weight excluding hydrogens is 240 g/mol. The van der Waals surface area contributed by atoms with Crippen LogP contribution in [0.3, 0.4) is 0 Å². The fourth-order valence-electron chi connectivity index (χ4n) is 1.13. The molecule has 0 saturated carbocycles. The molecule has 0 fully saturated rings. The minimum absolute atomic E-state index is 0.154. The minimum atomic E-state index is -1.83. The summed E-state index contributed by atoms with van der Waals surface area (Å²) >= 11 is 0. The molecule has 0 aromatic heterocycles. The molecule has 1 aromatic carbocycles. The zero-order chi connectivity index (χ0) is 13.8. The van der Waals surface area contributed by atoms with E-state index in [0.29, 0.717) is 0 Å². The Hall–Kier alpha value is -1.13. The van der Waals surface area contributed by atoms with Gasteiger partial charge in [0, 0.05) is 0 Å². The molecule has 0 aliphatic rings. The van der Waals surface area contributed by atoms with Crippen molar-refractivity contribution in [1.82, 2.24) is 0 Å². The molecule has 0 heterocycles. The number of benzene rings is 1. The van der Waals surface area contributed by atoms with Gasteiger partial charge in [-0.2, -0.15) is 0 Å². The van der Waals surface area contributed by atoms with E-state index in [9.17, 15) is 0 Å².